The van der Waals surface area contributed by atoms with Crippen LogP contribution in [0.2, 0.25) is 0 Å². The minimum atomic E-state index is -4.93. The number of hydrogen-bond donors (Lipinski definition) is 1. The fourth-order valence-electron chi connectivity index (χ4n) is 5.33. The number of carboxylic acids is 1. The Morgan fingerprint density at radius 2 is 1.72 bits per heavy atom. The molecule has 0 saturated heterocycles. The van der Waals surface area contributed by atoms with Gasteiger partial charge in [-0.05, 0) is 73.4 Å². The number of carboxylic acid groups (broad SMARTS) is 1. The van der Waals surface area contributed by atoms with Crippen molar-refractivity contribution in [1.82, 2.24) is 14.8 Å². The molecule has 5 rings (SSSR count). The topological polar surface area (TPSA) is 77.2 Å². The number of alkyl halides is 3. The Morgan fingerprint density at radius 1 is 1.00 bits per heavy atom. The van der Waals surface area contributed by atoms with E-state index in [4.69, 9.17) is 4.74 Å². The molecule has 0 aliphatic heterocycles. The van der Waals surface area contributed by atoms with Crippen molar-refractivity contribution < 1.29 is 27.8 Å². The van der Waals surface area contributed by atoms with Crippen molar-refractivity contribution in [2.45, 2.75) is 50.8 Å². The summed E-state index contributed by atoms with van der Waals surface area (Å²) in [6.07, 6.45) is 0.369. The molecule has 2 aromatic heterocycles. The van der Waals surface area contributed by atoms with Gasteiger partial charge in [-0.2, -0.15) is 18.3 Å². The van der Waals surface area contributed by atoms with E-state index in [1.807, 2.05) is 25.1 Å². The molecule has 1 aliphatic carbocycles. The van der Waals surface area contributed by atoms with E-state index in [1.165, 1.54) is 11.6 Å². The molecule has 202 valence electrons. The number of aromatic carboxylic acids is 1. The van der Waals surface area contributed by atoms with Crippen LogP contribution < -0.4 is 0 Å². The smallest absolute Gasteiger partial charge is 0.434 e. The standard InChI is InChI=1S/C30H28F3N3O3/c1-18-6-15-23(21-9-7-19(8-10-21)20-11-13-22(39-2)14-12-20)24(16-18)26-4-3-5-27(35-26)36-28(30(31,32)33)25(17-34-36)29(37)38/h3-10,15-17,20,22H,11-14H2,1-2H3,(H,37,38)/t20-,22-. The maximum absolute atomic E-state index is 13.8. The van der Waals surface area contributed by atoms with E-state index in [2.05, 4.69) is 34.3 Å². The maximum atomic E-state index is 13.8. The fourth-order valence-corrected chi connectivity index (χ4v) is 5.33. The predicted octanol–water partition coefficient (Wildman–Crippen LogP) is 7.30. The molecule has 0 unspecified atom stereocenters. The monoisotopic (exact) mass is 535 g/mol. The van der Waals surface area contributed by atoms with Crippen molar-refractivity contribution in [3.63, 3.8) is 0 Å². The first kappa shape index (κ1) is 26.6. The molecule has 6 nitrogen and oxygen atoms in total. The van der Waals surface area contributed by atoms with E-state index in [9.17, 15) is 23.1 Å². The highest BCUT2D eigenvalue weighted by atomic mass is 19.4. The first-order valence-corrected chi connectivity index (χ1v) is 12.8. The van der Waals surface area contributed by atoms with E-state index < -0.39 is 23.4 Å². The van der Waals surface area contributed by atoms with Gasteiger partial charge >= 0.3 is 12.1 Å². The number of aromatic nitrogens is 3. The molecule has 0 radical (unpaired) electrons. The summed E-state index contributed by atoms with van der Waals surface area (Å²) in [5.41, 5.74) is 3.02. The molecule has 0 spiro atoms. The van der Waals surface area contributed by atoms with Crippen molar-refractivity contribution in [1.29, 1.82) is 0 Å². The second-order valence-corrected chi connectivity index (χ2v) is 9.88. The number of hydrogen-bond acceptors (Lipinski definition) is 4. The van der Waals surface area contributed by atoms with Crippen molar-refractivity contribution in [3.8, 4) is 28.2 Å². The van der Waals surface area contributed by atoms with Gasteiger partial charge in [0.05, 0.1) is 18.0 Å². The number of rotatable bonds is 6. The summed E-state index contributed by atoms with van der Waals surface area (Å²) >= 11 is 0. The molecule has 39 heavy (non-hydrogen) atoms. The molecule has 2 heterocycles. The minimum absolute atomic E-state index is 0.123. The molecule has 1 N–H and O–H groups in total. The Hall–Kier alpha value is -3.98. The third-order valence-electron chi connectivity index (χ3n) is 7.37. The Labute approximate surface area is 224 Å². The molecule has 0 amide bonds. The normalized spacial score (nSPS) is 17.8. The van der Waals surface area contributed by atoms with Gasteiger partial charge in [-0.1, -0.05) is 48.0 Å². The third-order valence-corrected chi connectivity index (χ3v) is 7.37. The van der Waals surface area contributed by atoms with Crippen LogP contribution in [0.1, 0.15) is 58.8 Å². The average Bonchev–Trinajstić information content (AvgIpc) is 3.40. The summed E-state index contributed by atoms with van der Waals surface area (Å²) in [4.78, 5) is 15.9. The van der Waals surface area contributed by atoms with Gasteiger partial charge in [-0.15, -0.1) is 0 Å². The molecule has 1 aliphatic rings. The summed E-state index contributed by atoms with van der Waals surface area (Å²) in [7, 11) is 1.76. The summed E-state index contributed by atoms with van der Waals surface area (Å²) in [5.74, 6) is -1.34. The second-order valence-electron chi connectivity index (χ2n) is 9.88. The van der Waals surface area contributed by atoms with Gasteiger partial charge in [0, 0.05) is 12.7 Å². The van der Waals surface area contributed by atoms with Crippen LogP contribution >= 0.6 is 0 Å². The minimum Gasteiger partial charge on any atom is -0.478 e. The molecule has 0 atom stereocenters. The lowest BCUT2D eigenvalue weighted by atomic mass is 9.82. The van der Waals surface area contributed by atoms with Crippen LogP contribution in [-0.2, 0) is 10.9 Å². The molecule has 1 saturated carbocycles. The molecule has 4 aromatic rings. The summed E-state index contributed by atoms with van der Waals surface area (Å²) in [6.45, 7) is 1.94. The molecule has 2 aromatic carbocycles. The zero-order valence-corrected chi connectivity index (χ0v) is 21.6. The predicted molar refractivity (Wildman–Crippen MR) is 141 cm³/mol. The number of aryl methyl sites for hydroxylation is 1. The van der Waals surface area contributed by atoms with Crippen molar-refractivity contribution >= 4 is 5.97 Å². The Bertz CT molecular complexity index is 1490. The van der Waals surface area contributed by atoms with E-state index >= 15 is 0 Å². The van der Waals surface area contributed by atoms with E-state index in [-0.39, 0.29) is 5.82 Å². The van der Waals surface area contributed by atoms with Gasteiger partial charge in [-0.25, -0.2) is 14.5 Å². The highest BCUT2D eigenvalue weighted by Crippen LogP contribution is 2.38. The van der Waals surface area contributed by atoms with E-state index in [1.54, 1.807) is 19.2 Å². The maximum Gasteiger partial charge on any atom is 0.434 e. The zero-order valence-electron chi connectivity index (χ0n) is 21.6. The van der Waals surface area contributed by atoms with E-state index in [0.717, 1.165) is 47.9 Å². The van der Waals surface area contributed by atoms with Crippen LogP contribution in [0.4, 0.5) is 13.2 Å². The van der Waals surface area contributed by atoms with Gasteiger partial charge in [-0.3, -0.25) is 0 Å². The van der Waals surface area contributed by atoms with Crippen LogP contribution in [0.5, 0.6) is 0 Å². The molecule has 1 fully saturated rings. The highest BCUT2D eigenvalue weighted by Gasteiger charge is 2.41. The lowest BCUT2D eigenvalue weighted by molar-refractivity contribution is -0.143. The largest absolute Gasteiger partial charge is 0.478 e. The molecular formula is C30H28F3N3O3. The number of carbonyl (C=O) groups is 1. The molecule has 9 heteroatoms. The van der Waals surface area contributed by atoms with Crippen molar-refractivity contribution in [2.75, 3.05) is 7.11 Å². The zero-order chi connectivity index (χ0) is 27.7. The first-order chi connectivity index (χ1) is 18.7. The Balaban J connectivity index is 1.51. The van der Waals surface area contributed by atoms with Crippen LogP contribution in [0, 0.1) is 6.92 Å². The van der Waals surface area contributed by atoms with Crippen LogP contribution in [0.25, 0.3) is 28.2 Å². The van der Waals surface area contributed by atoms with Crippen molar-refractivity contribution in [2.24, 2.45) is 0 Å². The number of halogens is 3. The second kappa shape index (κ2) is 10.6. The molecular weight excluding hydrogens is 507 g/mol. The quantitative estimate of drug-likeness (QED) is 0.280. The van der Waals surface area contributed by atoms with E-state index in [0.29, 0.717) is 28.6 Å². The van der Waals surface area contributed by atoms with Gasteiger partial charge < -0.3 is 9.84 Å². The fraction of sp³-hybridized carbons (Fsp3) is 0.300. The Kier molecular flexibility index (Phi) is 7.27. The average molecular weight is 536 g/mol. The van der Waals surface area contributed by atoms with Gasteiger partial charge in [0.25, 0.3) is 0 Å². The summed E-state index contributed by atoms with van der Waals surface area (Å²) < 4.78 is 47.4. The number of pyridine rings is 1. The highest BCUT2D eigenvalue weighted by molar-refractivity contribution is 5.89. The lowest BCUT2D eigenvalue weighted by Gasteiger charge is -2.28. The van der Waals surface area contributed by atoms with Crippen LogP contribution in [0.15, 0.2) is 66.9 Å². The number of ether oxygens (including phenoxy) is 1. The van der Waals surface area contributed by atoms with Crippen molar-refractivity contribution in [3.05, 3.63) is 89.2 Å². The van der Waals surface area contributed by atoms with Gasteiger partial charge in [0.1, 0.15) is 5.56 Å². The van der Waals surface area contributed by atoms with Crippen LogP contribution in [0.3, 0.4) is 0 Å². The number of nitrogens with zero attached hydrogens (tertiary/aromatic N) is 3. The SMILES string of the molecule is CO[C@H]1CC[C@H](c2ccc(-c3ccc(C)cc3-c3cccc(-n4ncc(C(=O)O)c4C(F)(F)F)n3)cc2)CC1. The number of benzene rings is 2. The summed E-state index contributed by atoms with van der Waals surface area (Å²) in [5, 5.41) is 13.0. The lowest BCUT2D eigenvalue weighted by Crippen LogP contribution is -2.19. The molecule has 0 bridgehead atoms. The number of methoxy groups -OCH3 is 1. The Morgan fingerprint density at radius 3 is 2.36 bits per heavy atom. The van der Waals surface area contributed by atoms with Gasteiger partial charge in [0.2, 0.25) is 0 Å². The summed E-state index contributed by atoms with van der Waals surface area (Å²) in [6, 6.07) is 19.0. The third kappa shape index (κ3) is 5.45. The van der Waals surface area contributed by atoms with Gasteiger partial charge in [0.15, 0.2) is 11.5 Å². The van der Waals surface area contributed by atoms with Crippen LogP contribution in [-0.4, -0.2) is 39.1 Å². The first-order valence-electron chi connectivity index (χ1n) is 12.8.